The third-order valence-corrected chi connectivity index (χ3v) is 6.95. The number of carbonyl (C=O) groups is 2. The maximum absolute atomic E-state index is 13.8. The van der Waals surface area contributed by atoms with E-state index in [2.05, 4.69) is 5.32 Å². The molecule has 2 atom stereocenters. The number of carbonyl (C=O) groups excluding carboxylic acids is 2. The predicted molar refractivity (Wildman–Crippen MR) is 138 cm³/mol. The summed E-state index contributed by atoms with van der Waals surface area (Å²) in [5, 5.41) is 3.36. The average Bonchev–Trinajstić information content (AvgIpc) is 2.91. The molecule has 4 rings (SSSR count). The van der Waals surface area contributed by atoms with E-state index in [1.807, 2.05) is 31.2 Å². The summed E-state index contributed by atoms with van der Waals surface area (Å²) in [5.41, 5.74) is 4.11. The fourth-order valence-corrected chi connectivity index (χ4v) is 5.23. The summed E-state index contributed by atoms with van der Waals surface area (Å²) >= 11 is 0. The van der Waals surface area contributed by atoms with Gasteiger partial charge in [-0.2, -0.15) is 0 Å². The summed E-state index contributed by atoms with van der Waals surface area (Å²) in [6.45, 7) is 3.82. The number of ketones is 1. The van der Waals surface area contributed by atoms with Crippen LogP contribution < -0.4 is 24.3 Å². The molecule has 0 saturated heterocycles. The zero-order valence-electron chi connectivity index (χ0n) is 22.1. The molecule has 1 heterocycles. The molecule has 2 aromatic carbocycles. The Morgan fingerprint density at radius 2 is 1.65 bits per heavy atom. The van der Waals surface area contributed by atoms with Crippen molar-refractivity contribution in [3.63, 3.8) is 0 Å². The Bertz CT molecular complexity index is 1280. The van der Waals surface area contributed by atoms with Crippen molar-refractivity contribution in [3.05, 3.63) is 70.1 Å². The van der Waals surface area contributed by atoms with Gasteiger partial charge in [0.2, 0.25) is 0 Å². The van der Waals surface area contributed by atoms with Gasteiger partial charge in [0, 0.05) is 35.0 Å². The fraction of sp³-hybridized carbons (Fsp3) is 0.379. The number of hydrogen-bond acceptors (Lipinski definition) is 8. The summed E-state index contributed by atoms with van der Waals surface area (Å²) in [4.78, 5) is 27.0. The van der Waals surface area contributed by atoms with E-state index in [9.17, 15) is 9.59 Å². The molecule has 0 saturated carbocycles. The van der Waals surface area contributed by atoms with E-state index >= 15 is 0 Å². The second-order valence-electron chi connectivity index (χ2n) is 8.96. The lowest BCUT2D eigenvalue weighted by Crippen LogP contribution is -2.36. The third-order valence-electron chi connectivity index (χ3n) is 6.95. The van der Waals surface area contributed by atoms with Gasteiger partial charge in [-0.15, -0.1) is 0 Å². The highest BCUT2D eigenvalue weighted by Gasteiger charge is 2.42. The van der Waals surface area contributed by atoms with Crippen LogP contribution in [0.5, 0.6) is 23.0 Å². The number of benzene rings is 2. The van der Waals surface area contributed by atoms with Gasteiger partial charge < -0.3 is 29.0 Å². The van der Waals surface area contributed by atoms with Crippen LogP contribution in [0.4, 0.5) is 0 Å². The summed E-state index contributed by atoms with van der Waals surface area (Å²) in [6, 6.07) is 11.1. The number of allylic oxidation sites excluding steroid dienone is 3. The first-order valence-electron chi connectivity index (χ1n) is 12.2. The van der Waals surface area contributed by atoms with Crippen LogP contribution in [0, 0.1) is 0 Å². The van der Waals surface area contributed by atoms with Crippen LogP contribution in [0.2, 0.25) is 0 Å². The van der Waals surface area contributed by atoms with Gasteiger partial charge in [0.05, 0.1) is 46.5 Å². The van der Waals surface area contributed by atoms with Crippen molar-refractivity contribution >= 4 is 11.8 Å². The van der Waals surface area contributed by atoms with Gasteiger partial charge in [0.1, 0.15) is 11.5 Å². The molecular weight excluding hydrogens is 474 g/mol. The van der Waals surface area contributed by atoms with Gasteiger partial charge in [0.25, 0.3) is 0 Å². The van der Waals surface area contributed by atoms with Gasteiger partial charge in [0.15, 0.2) is 17.3 Å². The molecule has 2 aliphatic rings. The maximum atomic E-state index is 13.8. The highest BCUT2D eigenvalue weighted by molar-refractivity contribution is 6.04. The Labute approximate surface area is 217 Å². The van der Waals surface area contributed by atoms with E-state index < -0.39 is 11.9 Å². The lowest BCUT2D eigenvalue weighted by molar-refractivity contribution is -0.138. The lowest BCUT2D eigenvalue weighted by atomic mass is 9.71. The molecule has 0 aromatic heterocycles. The van der Waals surface area contributed by atoms with E-state index in [0.29, 0.717) is 58.2 Å². The summed E-state index contributed by atoms with van der Waals surface area (Å²) in [6.07, 6.45) is 0.888. The van der Waals surface area contributed by atoms with E-state index in [-0.39, 0.29) is 18.3 Å². The monoisotopic (exact) mass is 507 g/mol. The minimum atomic E-state index is -0.630. The third kappa shape index (κ3) is 4.88. The topological polar surface area (TPSA) is 92.3 Å². The highest BCUT2D eigenvalue weighted by Crippen LogP contribution is 2.48. The van der Waals surface area contributed by atoms with E-state index in [1.165, 1.54) is 0 Å². The largest absolute Gasteiger partial charge is 0.497 e. The summed E-state index contributed by atoms with van der Waals surface area (Å²) in [7, 11) is 6.32. The Hall–Kier alpha value is -3.94. The first-order chi connectivity index (χ1) is 17.9. The highest BCUT2D eigenvalue weighted by atomic mass is 16.5. The molecular formula is C29H33NO7. The van der Waals surface area contributed by atoms with Crippen LogP contribution in [0.25, 0.3) is 0 Å². The Morgan fingerprint density at radius 3 is 2.30 bits per heavy atom. The number of nitrogens with one attached hydrogen (secondary N) is 1. The van der Waals surface area contributed by atoms with Crippen molar-refractivity contribution in [2.45, 2.75) is 38.5 Å². The zero-order valence-corrected chi connectivity index (χ0v) is 22.1. The van der Waals surface area contributed by atoms with Crippen molar-refractivity contribution in [3.8, 4) is 23.0 Å². The number of dihydropyridines is 1. The Balaban J connectivity index is 1.82. The van der Waals surface area contributed by atoms with Gasteiger partial charge in [-0.3, -0.25) is 4.79 Å². The average molecular weight is 508 g/mol. The fourth-order valence-electron chi connectivity index (χ4n) is 5.23. The second kappa shape index (κ2) is 11.0. The van der Waals surface area contributed by atoms with Crippen molar-refractivity contribution in [1.82, 2.24) is 5.32 Å². The molecule has 0 fully saturated rings. The molecule has 0 spiro atoms. The van der Waals surface area contributed by atoms with Crippen LogP contribution in [-0.4, -0.2) is 46.8 Å². The molecule has 37 heavy (non-hydrogen) atoms. The molecule has 0 amide bonds. The molecule has 196 valence electrons. The SMILES string of the molecule is CCOC(=O)C1=C(C)NC2=C(C(=O)CC(c3ccc(OC)c(OC)c3)C2)C1c1ccc(OC)cc1OC. The Morgan fingerprint density at radius 1 is 0.919 bits per heavy atom. The molecule has 8 nitrogen and oxygen atoms in total. The molecule has 1 aliphatic carbocycles. The van der Waals surface area contributed by atoms with Crippen molar-refractivity contribution < 1.29 is 33.3 Å². The van der Waals surface area contributed by atoms with Gasteiger partial charge in [-0.05, 0) is 49.9 Å². The Kier molecular flexibility index (Phi) is 7.76. The molecule has 2 unspecified atom stereocenters. The van der Waals surface area contributed by atoms with E-state index in [4.69, 9.17) is 23.7 Å². The number of methoxy groups -OCH3 is 4. The van der Waals surface area contributed by atoms with Gasteiger partial charge in [-0.25, -0.2) is 4.79 Å². The number of rotatable bonds is 8. The lowest BCUT2D eigenvalue weighted by Gasteiger charge is -2.37. The van der Waals surface area contributed by atoms with Crippen LogP contribution >= 0.6 is 0 Å². The maximum Gasteiger partial charge on any atom is 0.336 e. The number of hydrogen-bond donors (Lipinski definition) is 1. The standard InChI is InChI=1S/C29H33NO7/c1-7-37-29(32)26-16(2)30-21-12-18(17-8-11-23(34-4)25(14-17)36-6)13-22(31)28(21)27(26)20-10-9-19(33-3)15-24(20)35-5/h8-11,14-15,18,27,30H,7,12-13H2,1-6H3. The zero-order chi connectivity index (χ0) is 26.7. The quantitative estimate of drug-likeness (QED) is 0.517. The summed E-state index contributed by atoms with van der Waals surface area (Å²) in [5.74, 6) is 1.21. The van der Waals surface area contributed by atoms with Crippen LogP contribution in [0.15, 0.2) is 58.9 Å². The predicted octanol–water partition coefficient (Wildman–Crippen LogP) is 4.65. The minimum absolute atomic E-state index is 0.0364. The van der Waals surface area contributed by atoms with Crippen molar-refractivity contribution in [2.75, 3.05) is 35.0 Å². The number of Topliss-reactive ketones (excluding diaryl/α,β-unsaturated/α-hetero) is 1. The molecule has 2 aromatic rings. The molecule has 0 bridgehead atoms. The molecule has 1 aliphatic heterocycles. The summed E-state index contributed by atoms with van der Waals surface area (Å²) < 4.78 is 27.3. The second-order valence-corrected chi connectivity index (χ2v) is 8.96. The molecule has 0 radical (unpaired) electrons. The van der Waals surface area contributed by atoms with Gasteiger partial charge in [-0.1, -0.05) is 12.1 Å². The van der Waals surface area contributed by atoms with Crippen LogP contribution in [0.1, 0.15) is 49.7 Å². The van der Waals surface area contributed by atoms with Crippen LogP contribution in [0.3, 0.4) is 0 Å². The van der Waals surface area contributed by atoms with Crippen LogP contribution in [-0.2, 0) is 14.3 Å². The van der Waals surface area contributed by atoms with Crippen molar-refractivity contribution in [1.29, 1.82) is 0 Å². The smallest absolute Gasteiger partial charge is 0.336 e. The first-order valence-corrected chi connectivity index (χ1v) is 12.2. The number of esters is 1. The molecule has 1 N–H and O–H groups in total. The minimum Gasteiger partial charge on any atom is -0.497 e. The first kappa shape index (κ1) is 26.1. The number of ether oxygens (including phenoxy) is 5. The van der Waals surface area contributed by atoms with Gasteiger partial charge >= 0.3 is 5.97 Å². The normalized spacial score (nSPS) is 19.1. The van der Waals surface area contributed by atoms with E-state index in [1.54, 1.807) is 47.5 Å². The van der Waals surface area contributed by atoms with E-state index in [0.717, 1.165) is 11.3 Å². The molecule has 8 heteroatoms. The van der Waals surface area contributed by atoms with Crippen molar-refractivity contribution in [2.24, 2.45) is 0 Å².